The van der Waals surface area contributed by atoms with Crippen molar-refractivity contribution in [3.63, 3.8) is 0 Å². The number of alkyl halides is 2. The Bertz CT molecular complexity index is 613. The molecular formula is C14H14F2N2O2. The summed E-state index contributed by atoms with van der Waals surface area (Å²) < 4.78 is 31.6. The van der Waals surface area contributed by atoms with E-state index in [1.54, 1.807) is 6.07 Å². The van der Waals surface area contributed by atoms with Gasteiger partial charge in [0.15, 0.2) is 5.82 Å². The quantitative estimate of drug-likeness (QED) is 0.936. The first kappa shape index (κ1) is 13.1. The lowest BCUT2D eigenvalue weighted by Gasteiger charge is -2.10. The van der Waals surface area contributed by atoms with Crippen molar-refractivity contribution in [1.29, 1.82) is 0 Å². The van der Waals surface area contributed by atoms with E-state index >= 15 is 0 Å². The largest absolute Gasteiger partial charge is 0.486 e. The lowest BCUT2D eigenvalue weighted by Crippen LogP contribution is -2.07. The number of fused-ring (bicyclic) bond motifs is 1. The van der Waals surface area contributed by atoms with E-state index in [2.05, 4.69) is 4.98 Å². The SMILES string of the molecule is OC1CCc2cc(OCc3nccn3C(F)F)ccc21. The van der Waals surface area contributed by atoms with Crippen LogP contribution in [0.4, 0.5) is 8.78 Å². The van der Waals surface area contributed by atoms with E-state index in [-0.39, 0.29) is 12.4 Å². The molecule has 0 saturated carbocycles. The molecule has 0 spiro atoms. The summed E-state index contributed by atoms with van der Waals surface area (Å²) in [4.78, 5) is 3.86. The molecule has 1 atom stereocenters. The molecule has 1 heterocycles. The summed E-state index contributed by atoms with van der Waals surface area (Å²) in [6.07, 6.45) is 3.66. The van der Waals surface area contributed by atoms with Crippen LogP contribution in [0.25, 0.3) is 0 Å². The van der Waals surface area contributed by atoms with Crippen molar-refractivity contribution in [2.45, 2.75) is 32.1 Å². The van der Waals surface area contributed by atoms with Crippen LogP contribution in [0.1, 0.15) is 36.0 Å². The number of aliphatic hydroxyl groups is 1. The Morgan fingerprint density at radius 1 is 1.45 bits per heavy atom. The first-order valence-electron chi connectivity index (χ1n) is 6.38. The number of ether oxygens (including phenoxy) is 1. The summed E-state index contributed by atoms with van der Waals surface area (Å²) in [7, 11) is 0. The number of hydrogen-bond acceptors (Lipinski definition) is 3. The molecule has 0 radical (unpaired) electrons. The lowest BCUT2D eigenvalue weighted by molar-refractivity contribution is 0.0632. The van der Waals surface area contributed by atoms with Crippen LogP contribution in [0.5, 0.6) is 5.75 Å². The maximum absolute atomic E-state index is 12.6. The second-order valence-corrected chi connectivity index (χ2v) is 4.73. The molecule has 1 aromatic carbocycles. The monoisotopic (exact) mass is 280 g/mol. The number of imidazole rings is 1. The maximum atomic E-state index is 12.6. The fourth-order valence-corrected chi connectivity index (χ4v) is 2.44. The van der Waals surface area contributed by atoms with Crippen molar-refractivity contribution >= 4 is 0 Å². The Labute approximate surface area is 114 Å². The number of aromatic nitrogens is 2. The van der Waals surface area contributed by atoms with Crippen LogP contribution >= 0.6 is 0 Å². The number of nitrogens with zero attached hydrogens (tertiary/aromatic N) is 2. The normalized spacial score (nSPS) is 17.5. The van der Waals surface area contributed by atoms with Gasteiger partial charge in [-0.15, -0.1) is 0 Å². The highest BCUT2D eigenvalue weighted by atomic mass is 19.3. The second kappa shape index (κ2) is 5.20. The third-order valence-electron chi connectivity index (χ3n) is 3.49. The van der Waals surface area contributed by atoms with E-state index < -0.39 is 12.7 Å². The number of halogens is 2. The second-order valence-electron chi connectivity index (χ2n) is 4.73. The maximum Gasteiger partial charge on any atom is 0.320 e. The van der Waals surface area contributed by atoms with E-state index in [9.17, 15) is 13.9 Å². The summed E-state index contributed by atoms with van der Waals surface area (Å²) in [6, 6.07) is 5.41. The van der Waals surface area contributed by atoms with Crippen molar-refractivity contribution in [1.82, 2.24) is 9.55 Å². The van der Waals surface area contributed by atoms with Gasteiger partial charge in [-0.1, -0.05) is 6.07 Å². The topological polar surface area (TPSA) is 47.3 Å². The average Bonchev–Trinajstić information content (AvgIpc) is 3.03. The molecule has 106 valence electrons. The fraction of sp³-hybridized carbons (Fsp3) is 0.357. The van der Waals surface area contributed by atoms with Crippen molar-refractivity contribution in [2.24, 2.45) is 0 Å². The van der Waals surface area contributed by atoms with Gasteiger partial charge >= 0.3 is 6.55 Å². The average molecular weight is 280 g/mol. The molecule has 0 fully saturated rings. The van der Waals surface area contributed by atoms with Gasteiger partial charge in [0.25, 0.3) is 0 Å². The summed E-state index contributed by atoms with van der Waals surface area (Å²) in [5.74, 6) is 0.780. The molecule has 0 aliphatic heterocycles. The first-order chi connectivity index (χ1) is 9.65. The third kappa shape index (κ3) is 2.38. The first-order valence-corrected chi connectivity index (χ1v) is 6.38. The molecule has 0 bridgehead atoms. The van der Waals surface area contributed by atoms with Gasteiger partial charge in [-0.05, 0) is 36.1 Å². The van der Waals surface area contributed by atoms with Gasteiger partial charge in [0.05, 0.1) is 6.10 Å². The van der Waals surface area contributed by atoms with Crippen LogP contribution in [0.3, 0.4) is 0 Å². The molecular weight excluding hydrogens is 266 g/mol. The molecule has 1 N–H and O–H groups in total. The van der Waals surface area contributed by atoms with Gasteiger partial charge in [-0.3, -0.25) is 4.57 Å². The zero-order chi connectivity index (χ0) is 14.1. The van der Waals surface area contributed by atoms with E-state index in [0.29, 0.717) is 12.2 Å². The predicted octanol–water partition coefficient (Wildman–Crippen LogP) is 2.84. The van der Waals surface area contributed by atoms with Gasteiger partial charge in [0, 0.05) is 12.4 Å². The number of aryl methyl sites for hydroxylation is 1. The molecule has 2 aromatic rings. The molecule has 0 saturated heterocycles. The Morgan fingerprint density at radius 3 is 3.10 bits per heavy atom. The zero-order valence-electron chi connectivity index (χ0n) is 10.7. The predicted molar refractivity (Wildman–Crippen MR) is 67.5 cm³/mol. The van der Waals surface area contributed by atoms with Gasteiger partial charge in [0.1, 0.15) is 12.4 Å². The highest BCUT2D eigenvalue weighted by Crippen LogP contribution is 2.33. The van der Waals surface area contributed by atoms with Crippen LogP contribution < -0.4 is 4.74 Å². The van der Waals surface area contributed by atoms with Crippen molar-refractivity contribution in [3.05, 3.63) is 47.5 Å². The minimum atomic E-state index is -2.62. The molecule has 4 nitrogen and oxygen atoms in total. The van der Waals surface area contributed by atoms with Crippen LogP contribution in [-0.2, 0) is 13.0 Å². The van der Waals surface area contributed by atoms with Crippen molar-refractivity contribution < 1.29 is 18.6 Å². The van der Waals surface area contributed by atoms with E-state index in [1.165, 1.54) is 12.4 Å². The highest BCUT2D eigenvalue weighted by molar-refractivity contribution is 5.39. The molecule has 3 rings (SSSR count). The van der Waals surface area contributed by atoms with Crippen LogP contribution in [0, 0.1) is 0 Å². The standard InChI is InChI=1S/C14H14F2N2O2/c15-14(16)18-6-5-17-13(18)8-20-10-2-3-11-9(7-10)1-4-12(11)19/h2-3,5-7,12,14,19H,1,4,8H2. The highest BCUT2D eigenvalue weighted by Gasteiger charge is 2.20. The summed E-state index contributed by atoms with van der Waals surface area (Å²) in [5, 5.41) is 9.71. The Hall–Kier alpha value is -1.95. The van der Waals surface area contributed by atoms with Gasteiger partial charge in [-0.2, -0.15) is 8.78 Å². The summed E-state index contributed by atoms with van der Waals surface area (Å²) in [5.41, 5.74) is 1.97. The van der Waals surface area contributed by atoms with Crippen LogP contribution in [0.2, 0.25) is 0 Å². The molecule has 1 aliphatic rings. The summed E-state index contributed by atoms with van der Waals surface area (Å²) >= 11 is 0. The van der Waals surface area contributed by atoms with Crippen molar-refractivity contribution in [2.75, 3.05) is 0 Å². The van der Waals surface area contributed by atoms with Gasteiger partial charge < -0.3 is 9.84 Å². The van der Waals surface area contributed by atoms with E-state index in [4.69, 9.17) is 4.74 Å². The van der Waals surface area contributed by atoms with Crippen molar-refractivity contribution in [3.8, 4) is 5.75 Å². The fourth-order valence-electron chi connectivity index (χ4n) is 2.44. The zero-order valence-corrected chi connectivity index (χ0v) is 10.7. The third-order valence-corrected chi connectivity index (χ3v) is 3.49. The molecule has 20 heavy (non-hydrogen) atoms. The smallest absolute Gasteiger partial charge is 0.320 e. The van der Waals surface area contributed by atoms with Crippen LogP contribution in [-0.4, -0.2) is 14.7 Å². The van der Waals surface area contributed by atoms with E-state index in [0.717, 1.165) is 22.1 Å². The molecule has 0 amide bonds. The Kier molecular flexibility index (Phi) is 3.40. The van der Waals surface area contributed by atoms with E-state index in [1.807, 2.05) is 12.1 Å². The minimum absolute atomic E-state index is 0.0152. The Morgan fingerprint density at radius 2 is 2.30 bits per heavy atom. The molecule has 1 aromatic heterocycles. The van der Waals surface area contributed by atoms with Gasteiger partial charge in [-0.25, -0.2) is 4.98 Å². The molecule has 1 unspecified atom stereocenters. The molecule has 1 aliphatic carbocycles. The number of benzene rings is 1. The summed E-state index contributed by atoms with van der Waals surface area (Å²) in [6.45, 7) is -2.63. The van der Waals surface area contributed by atoms with Gasteiger partial charge in [0.2, 0.25) is 0 Å². The number of rotatable bonds is 4. The van der Waals surface area contributed by atoms with Crippen LogP contribution in [0.15, 0.2) is 30.6 Å². The minimum Gasteiger partial charge on any atom is -0.486 e. The molecule has 6 heteroatoms. The number of hydrogen-bond donors (Lipinski definition) is 1. The lowest BCUT2D eigenvalue weighted by atomic mass is 10.1. The Balaban J connectivity index is 1.71. The number of aliphatic hydroxyl groups excluding tert-OH is 1.